The molecular formula is C13H12N4O4. The van der Waals surface area contributed by atoms with Crippen LogP contribution in [0.5, 0.6) is 0 Å². The number of aromatic amines is 1. The maximum absolute atomic E-state index is 11.9. The molecule has 2 rings (SSSR count). The van der Waals surface area contributed by atoms with Gasteiger partial charge in [-0.1, -0.05) is 0 Å². The number of nitrogens with zero attached hydrogens (tertiary/aromatic N) is 1. The molecule has 4 N–H and O–H groups in total. The van der Waals surface area contributed by atoms with Crippen LogP contribution in [0, 0.1) is 0 Å². The van der Waals surface area contributed by atoms with Crippen LogP contribution in [0.25, 0.3) is 0 Å². The van der Waals surface area contributed by atoms with E-state index in [2.05, 4.69) is 20.8 Å². The number of carbonyl (C=O) groups is 3. The van der Waals surface area contributed by atoms with Crippen molar-refractivity contribution in [1.82, 2.24) is 10.2 Å². The highest BCUT2D eigenvalue weighted by atomic mass is 16.4. The SMILES string of the molecule is CC(=O)Nc1ccc(NC(=O)c2cn[nH]c2)c(C(=O)O)c1. The van der Waals surface area contributed by atoms with Gasteiger partial charge in [0.1, 0.15) is 0 Å². The molecule has 0 radical (unpaired) electrons. The van der Waals surface area contributed by atoms with E-state index in [-0.39, 0.29) is 22.7 Å². The first kappa shape index (κ1) is 14.3. The monoisotopic (exact) mass is 288 g/mol. The van der Waals surface area contributed by atoms with Gasteiger partial charge in [-0.05, 0) is 18.2 Å². The molecule has 0 aliphatic heterocycles. The molecule has 0 saturated carbocycles. The standard InChI is InChI=1S/C13H12N4O4/c1-7(18)16-9-2-3-11(10(4-9)13(20)21)17-12(19)8-5-14-15-6-8/h2-6H,1H3,(H,14,15)(H,16,18)(H,17,19)(H,20,21). The molecule has 0 atom stereocenters. The minimum absolute atomic E-state index is 0.127. The summed E-state index contributed by atoms with van der Waals surface area (Å²) in [5.74, 6) is -2.02. The van der Waals surface area contributed by atoms with Crippen LogP contribution in [0.1, 0.15) is 27.6 Å². The molecule has 0 saturated heterocycles. The van der Waals surface area contributed by atoms with E-state index in [1.165, 1.54) is 37.5 Å². The number of amides is 2. The Hall–Kier alpha value is -3.16. The number of carboxylic acids is 1. The molecule has 1 aromatic heterocycles. The third-order valence-corrected chi connectivity index (χ3v) is 2.58. The second kappa shape index (κ2) is 5.87. The number of hydrogen-bond donors (Lipinski definition) is 4. The van der Waals surface area contributed by atoms with Crippen LogP contribution >= 0.6 is 0 Å². The van der Waals surface area contributed by atoms with Gasteiger partial charge in [-0.25, -0.2) is 4.79 Å². The third kappa shape index (κ3) is 3.44. The van der Waals surface area contributed by atoms with E-state index in [0.29, 0.717) is 5.69 Å². The fourth-order valence-corrected chi connectivity index (χ4v) is 1.68. The molecule has 1 heterocycles. The molecule has 108 valence electrons. The van der Waals surface area contributed by atoms with E-state index >= 15 is 0 Å². The van der Waals surface area contributed by atoms with Crippen LogP contribution in [0.4, 0.5) is 11.4 Å². The number of benzene rings is 1. The normalized spacial score (nSPS) is 9.95. The Balaban J connectivity index is 2.28. The maximum atomic E-state index is 11.9. The molecule has 0 bridgehead atoms. The van der Waals surface area contributed by atoms with Gasteiger partial charge in [0.2, 0.25) is 5.91 Å². The Morgan fingerprint density at radius 3 is 2.57 bits per heavy atom. The largest absolute Gasteiger partial charge is 0.478 e. The van der Waals surface area contributed by atoms with Gasteiger partial charge in [0.25, 0.3) is 5.91 Å². The highest BCUT2D eigenvalue weighted by Gasteiger charge is 2.15. The Morgan fingerprint density at radius 1 is 1.24 bits per heavy atom. The number of aromatic carboxylic acids is 1. The fraction of sp³-hybridized carbons (Fsp3) is 0.0769. The summed E-state index contributed by atoms with van der Waals surface area (Å²) in [6.45, 7) is 1.31. The zero-order valence-corrected chi connectivity index (χ0v) is 11.0. The number of carboxylic acid groups (broad SMARTS) is 1. The van der Waals surface area contributed by atoms with E-state index in [0.717, 1.165) is 0 Å². The van der Waals surface area contributed by atoms with Crippen molar-refractivity contribution in [2.24, 2.45) is 0 Å². The number of nitrogens with one attached hydrogen (secondary N) is 3. The van der Waals surface area contributed by atoms with Crippen molar-refractivity contribution in [3.05, 3.63) is 41.7 Å². The molecule has 0 unspecified atom stereocenters. The smallest absolute Gasteiger partial charge is 0.337 e. The molecule has 21 heavy (non-hydrogen) atoms. The first-order chi connectivity index (χ1) is 9.97. The number of aromatic nitrogens is 2. The molecule has 8 nitrogen and oxygen atoms in total. The molecule has 0 fully saturated rings. The highest BCUT2D eigenvalue weighted by molar-refractivity contribution is 6.08. The average Bonchev–Trinajstić information content (AvgIpc) is 2.93. The number of H-pyrrole nitrogens is 1. The molecular weight excluding hydrogens is 276 g/mol. The van der Waals surface area contributed by atoms with Gasteiger partial charge >= 0.3 is 5.97 Å². The van der Waals surface area contributed by atoms with Crippen molar-refractivity contribution in [1.29, 1.82) is 0 Å². The van der Waals surface area contributed by atoms with Gasteiger partial charge in [-0.2, -0.15) is 5.10 Å². The first-order valence-electron chi connectivity index (χ1n) is 5.92. The van der Waals surface area contributed by atoms with Crippen LogP contribution < -0.4 is 10.6 Å². The van der Waals surface area contributed by atoms with Crippen LogP contribution in [0.2, 0.25) is 0 Å². The summed E-state index contributed by atoms with van der Waals surface area (Å²) in [4.78, 5) is 34.1. The van der Waals surface area contributed by atoms with Crippen molar-refractivity contribution in [2.45, 2.75) is 6.92 Å². The van der Waals surface area contributed by atoms with E-state index in [4.69, 9.17) is 0 Å². The fourth-order valence-electron chi connectivity index (χ4n) is 1.68. The predicted molar refractivity (Wildman–Crippen MR) is 74.2 cm³/mol. The summed E-state index contributed by atoms with van der Waals surface area (Å²) in [6, 6.07) is 4.18. The first-order valence-corrected chi connectivity index (χ1v) is 5.92. The molecule has 0 aliphatic carbocycles. The number of anilines is 2. The van der Waals surface area contributed by atoms with Crippen molar-refractivity contribution in [3.8, 4) is 0 Å². The molecule has 2 amide bonds. The quantitative estimate of drug-likeness (QED) is 0.675. The third-order valence-electron chi connectivity index (χ3n) is 2.58. The zero-order valence-electron chi connectivity index (χ0n) is 11.0. The lowest BCUT2D eigenvalue weighted by Gasteiger charge is -2.10. The Kier molecular flexibility index (Phi) is 3.98. The van der Waals surface area contributed by atoms with E-state index in [1.54, 1.807) is 0 Å². The molecule has 0 spiro atoms. The Labute approximate surface area is 119 Å². The predicted octanol–water partition coefficient (Wildman–Crippen LogP) is 1.32. The summed E-state index contributed by atoms with van der Waals surface area (Å²) < 4.78 is 0. The zero-order chi connectivity index (χ0) is 15.4. The van der Waals surface area contributed by atoms with Crippen LogP contribution in [0.3, 0.4) is 0 Å². The Morgan fingerprint density at radius 2 is 2.00 bits per heavy atom. The summed E-state index contributed by atoms with van der Waals surface area (Å²) in [6.07, 6.45) is 2.71. The minimum atomic E-state index is -1.22. The summed E-state index contributed by atoms with van der Waals surface area (Å²) in [5.41, 5.74) is 0.611. The van der Waals surface area contributed by atoms with Crippen LogP contribution in [0.15, 0.2) is 30.6 Å². The van der Waals surface area contributed by atoms with Crippen LogP contribution in [-0.4, -0.2) is 33.1 Å². The topological polar surface area (TPSA) is 124 Å². The van der Waals surface area contributed by atoms with Gasteiger partial charge in [-0.3, -0.25) is 14.7 Å². The number of rotatable bonds is 4. The molecule has 1 aromatic carbocycles. The summed E-state index contributed by atoms with van der Waals surface area (Å²) in [5, 5.41) is 20.3. The van der Waals surface area contributed by atoms with Crippen molar-refractivity contribution < 1.29 is 19.5 Å². The second-order valence-electron chi connectivity index (χ2n) is 4.19. The maximum Gasteiger partial charge on any atom is 0.337 e. The minimum Gasteiger partial charge on any atom is -0.478 e. The summed E-state index contributed by atoms with van der Waals surface area (Å²) >= 11 is 0. The molecule has 2 aromatic rings. The van der Waals surface area contributed by atoms with E-state index < -0.39 is 11.9 Å². The van der Waals surface area contributed by atoms with Gasteiger partial charge in [0.15, 0.2) is 0 Å². The lowest BCUT2D eigenvalue weighted by atomic mass is 10.1. The van der Waals surface area contributed by atoms with Gasteiger partial charge in [-0.15, -0.1) is 0 Å². The van der Waals surface area contributed by atoms with Gasteiger partial charge in [0, 0.05) is 18.8 Å². The highest BCUT2D eigenvalue weighted by Crippen LogP contribution is 2.21. The summed E-state index contributed by atoms with van der Waals surface area (Å²) in [7, 11) is 0. The number of hydrogen-bond acceptors (Lipinski definition) is 4. The average molecular weight is 288 g/mol. The van der Waals surface area contributed by atoms with E-state index in [1.807, 2.05) is 0 Å². The van der Waals surface area contributed by atoms with Gasteiger partial charge < -0.3 is 15.7 Å². The number of carbonyl (C=O) groups excluding carboxylic acids is 2. The lowest BCUT2D eigenvalue weighted by molar-refractivity contribution is -0.114. The van der Waals surface area contributed by atoms with Crippen molar-refractivity contribution in [2.75, 3.05) is 10.6 Å². The molecule has 0 aliphatic rings. The molecule has 8 heteroatoms. The second-order valence-corrected chi connectivity index (χ2v) is 4.19. The Bertz CT molecular complexity index is 694. The van der Waals surface area contributed by atoms with E-state index in [9.17, 15) is 19.5 Å². The lowest BCUT2D eigenvalue weighted by Crippen LogP contribution is -2.15. The van der Waals surface area contributed by atoms with Crippen molar-refractivity contribution in [3.63, 3.8) is 0 Å². The van der Waals surface area contributed by atoms with Crippen molar-refractivity contribution >= 4 is 29.2 Å². The van der Waals surface area contributed by atoms with Gasteiger partial charge in [0.05, 0.1) is 23.0 Å². The van der Waals surface area contributed by atoms with Crippen LogP contribution in [-0.2, 0) is 4.79 Å².